The molecule has 98 valence electrons. The van der Waals surface area contributed by atoms with E-state index in [0.717, 1.165) is 0 Å². The molecular formula is C10H18N2O4S. The summed E-state index contributed by atoms with van der Waals surface area (Å²) in [6.07, 6.45) is 0.916. The Hall–Kier alpha value is -0.660. The van der Waals surface area contributed by atoms with Gasteiger partial charge >= 0.3 is 0 Å². The van der Waals surface area contributed by atoms with E-state index in [0.29, 0.717) is 19.4 Å². The van der Waals surface area contributed by atoms with Gasteiger partial charge in [0.05, 0.1) is 23.7 Å². The molecule has 0 aromatic carbocycles. The standard InChI is InChI=1S/C10H18N2O4S/c1-9(3-5-17(14,15)7-9)12-8(13)10(11)2-4-16-6-10/h2-7,11H2,1H3,(H,12,13). The van der Waals surface area contributed by atoms with Crippen LogP contribution in [0, 0.1) is 0 Å². The lowest BCUT2D eigenvalue weighted by atomic mass is 9.95. The average molecular weight is 262 g/mol. The molecule has 2 atom stereocenters. The molecule has 0 spiro atoms. The van der Waals surface area contributed by atoms with E-state index in [1.165, 1.54) is 0 Å². The van der Waals surface area contributed by atoms with Gasteiger partial charge in [-0.15, -0.1) is 0 Å². The normalized spacial score (nSPS) is 40.4. The number of amides is 1. The molecule has 2 saturated heterocycles. The Labute approximate surface area is 101 Å². The third-order valence-electron chi connectivity index (χ3n) is 3.42. The Morgan fingerprint density at radius 3 is 2.59 bits per heavy atom. The van der Waals surface area contributed by atoms with Crippen LogP contribution in [0.15, 0.2) is 0 Å². The van der Waals surface area contributed by atoms with Gasteiger partial charge in [-0.25, -0.2) is 8.42 Å². The maximum Gasteiger partial charge on any atom is 0.243 e. The molecule has 2 aliphatic heterocycles. The van der Waals surface area contributed by atoms with E-state index in [2.05, 4.69) is 5.32 Å². The summed E-state index contributed by atoms with van der Waals surface area (Å²) in [7, 11) is -3.03. The number of carbonyl (C=O) groups is 1. The SMILES string of the molecule is CC1(NC(=O)C2(N)CCOC2)CCS(=O)(=O)C1. The fraction of sp³-hybridized carbons (Fsp3) is 0.900. The summed E-state index contributed by atoms with van der Waals surface area (Å²) in [5.74, 6) is -0.199. The van der Waals surface area contributed by atoms with Gasteiger partial charge in [-0.2, -0.15) is 0 Å². The predicted octanol–water partition coefficient (Wildman–Crippen LogP) is -1.20. The lowest BCUT2D eigenvalue weighted by Gasteiger charge is -2.29. The van der Waals surface area contributed by atoms with Crippen molar-refractivity contribution in [1.29, 1.82) is 0 Å². The van der Waals surface area contributed by atoms with Crippen LogP contribution in [-0.4, -0.2) is 50.1 Å². The Bertz CT molecular complexity index is 428. The molecule has 0 aromatic heterocycles. The number of hydrogen-bond acceptors (Lipinski definition) is 5. The summed E-state index contributed by atoms with van der Waals surface area (Å²) in [4.78, 5) is 12.0. The zero-order valence-electron chi connectivity index (χ0n) is 9.86. The van der Waals surface area contributed by atoms with E-state index in [9.17, 15) is 13.2 Å². The zero-order chi connectivity index (χ0) is 12.7. The Morgan fingerprint density at radius 2 is 2.12 bits per heavy atom. The van der Waals surface area contributed by atoms with Crippen molar-refractivity contribution in [3.63, 3.8) is 0 Å². The minimum absolute atomic E-state index is 0.0112. The summed E-state index contributed by atoms with van der Waals surface area (Å²) < 4.78 is 28.0. The molecule has 1 amide bonds. The number of nitrogens with one attached hydrogen (secondary N) is 1. The maximum absolute atomic E-state index is 12.0. The minimum Gasteiger partial charge on any atom is -0.379 e. The number of nitrogens with two attached hydrogens (primary N) is 1. The summed E-state index contributed by atoms with van der Waals surface area (Å²) >= 11 is 0. The number of hydrogen-bond donors (Lipinski definition) is 2. The van der Waals surface area contributed by atoms with Gasteiger partial charge in [0.2, 0.25) is 5.91 Å². The summed E-state index contributed by atoms with van der Waals surface area (Å²) in [5, 5.41) is 2.77. The topological polar surface area (TPSA) is 98.5 Å². The third kappa shape index (κ3) is 2.61. The number of rotatable bonds is 2. The molecule has 2 rings (SSSR count). The Kier molecular flexibility index (Phi) is 2.95. The van der Waals surface area contributed by atoms with Crippen molar-refractivity contribution in [2.24, 2.45) is 5.73 Å². The van der Waals surface area contributed by atoms with Gasteiger partial charge in [-0.1, -0.05) is 0 Å². The molecule has 2 fully saturated rings. The largest absolute Gasteiger partial charge is 0.379 e. The van der Waals surface area contributed by atoms with Crippen molar-refractivity contribution < 1.29 is 17.9 Å². The van der Waals surface area contributed by atoms with Crippen molar-refractivity contribution >= 4 is 15.7 Å². The number of sulfone groups is 1. The second kappa shape index (κ2) is 3.93. The Balaban J connectivity index is 2.04. The quantitative estimate of drug-likeness (QED) is 0.651. The van der Waals surface area contributed by atoms with Gasteiger partial charge in [0.15, 0.2) is 9.84 Å². The van der Waals surface area contributed by atoms with Crippen molar-refractivity contribution in [3.8, 4) is 0 Å². The van der Waals surface area contributed by atoms with Gasteiger partial charge in [0.25, 0.3) is 0 Å². The highest BCUT2D eigenvalue weighted by molar-refractivity contribution is 7.91. The molecule has 3 N–H and O–H groups in total. The first-order valence-electron chi connectivity index (χ1n) is 5.65. The van der Waals surface area contributed by atoms with Gasteiger partial charge in [0, 0.05) is 6.61 Å². The predicted molar refractivity (Wildman–Crippen MR) is 62.2 cm³/mol. The smallest absolute Gasteiger partial charge is 0.243 e. The Morgan fingerprint density at radius 1 is 1.41 bits per heavy atom. The monoisotopic (exact) mass is 262 g/mol. The molecule has 0 aliphatic carbocycles. The van der Waals surface area contributed by atoms with Crippen molar-refractivity contribution in [2.45, 2.75) is 30.8 Å². The highest BCUT2D eigenvalue weighted by Gasteiger charge is 2.45. The van der Waals surface area contributed by atoms with Gasteiger partial charge in [0.1, 0.15) is 5.54 Å². The maximum atomic E-state index is 12.0. The molecule has 0 radical (unpaired) electrons. The highest BCUT2D eigenvalue weighted by Crippen LogP contribution is 2.24. The molecule has 0 aromatic rings. The first kappa shape index (κ1) is 12.8. The van der Waals surface area contributed by atoms with Crippen LogP contribution in [-0.2, 0) is 19.4 Å². The zero-order valence-corrected chi connectivity index (χ0v) is 10.7. The van der Waals surface area contributed by atoms with E-state index >= 15 is 0 Å². The van der Waals surface area contributed by atoms with Gasteiger partial charge < -0.3 is 15.8 Å². The van der Waals surface area contributed by atoms with E-state index in [1.54, 1.807) is 6.92 Å². The molecule has 2 heterocycles. The molecule has 7 heteroatoms. The van der Waals surface area contributed by atoms with Crippen molar-refractivity contribution in [2.75, 3.05) is 24.7 Å². The third-order valence-corrected chi connectivity index (χ3v) is 5.33. The van der Waals surface area contributed by atoms with E-state index in [1.807, 2.05) is 0 Å². The lowest BCUT2D eigenvalue weighted by Crippen LogP contribution is -2.60. The van der Waals surface area contributed by atoms with E-state index in [-0.39, 0.29) is 24.0 Å². The first-order valence-corrected chi connectivity index (χ1v) is 7.47. The summed E-state index contributed by atoms with van der Waals surface area (Å²) in [5.41, 5.74) is 4.23. The molecule has 0 bridgehead atoms. The van der Waals surface area contributed by atoms with Crippen LogP contribution in [0.1, 0.15) is 19.8 Å². The molecule has 2 unspecified atom stereocenters. The van der Waals surface area contributed by atoms with Crippen molar-refractivity contribution in [3.05, 3.63) is 0 Å². The summed E-state index contributed by atoms with van der Waals surface area (Å²) in [6, 6.07) is 0. The second-order valence-electron chi connectivity index (χ2n) is 5.32. The van der Waals surface area contributed by atoms with Crippen LogP contribution < -0.4 is 11.1 Å². The average Bonchev–Trinajstić information content (AvgIpc) is 2.72. The van der Waals surface area contributed by atoms with E-state index < -0.39 is 20.9 Å². The summed E-state index contributed by atoms with van der Waals surface area (Å²) in [6.45, 7) is 2.41. The fourth-order valence-corrected chi connectivity index (χ4v) is 4.36. The lowest BCUT2D eigenvalue weighted by molar-refractivity contribution is -0.127. The van der Waals surface area contributed by atoms with Crippen LogP contribution in [0.25, 0.3) is 0 Å². The van der Waals surface area contributed by atoms with Crippen molar-refractivity contribution in [1.82, 2.24) is 5.32 Å². The first-order chi connectivity index (χ1) is 7.75. The number of carbonyl (C=O) groups excluding carboxylic acids is 1. The fourth-order valence-electron chi connectivity index (χ4n) is 2.27. The van der Waals surface area contributed by atoms with Crippen LogP contribution >= 0.6 is 0 Å². The van der Waals surface area contributed by atoms with E-state index in [4.69, 9.17) is 10.5 Å². The van der Waals surface area contributed by atoms with Crippen LogP contribution in [0.3, 0.4) is 0 Å². The van der Waals surface area contributed by atoms with Crippen LogP contribution in [0.5, 0.6) is 0 Å². The highest BCUT2D eigenvalue weighted by atomic mass is 32.2. The minimum atomic E-state index is -3.03. The van der Waals surface area contributed by atoms with Gasteiger partial charge in [-0.3, -0.25) is 4.79 Å². The second-order valence-corrected chi connectivity index (χ2v) is 7.50. The molecule has 17 heavy (non-hydrogen) atoms. The number of ether oxygens (including phenoxy) is 1. The molecule has 0 saturated carbocycles. The molecular weight excluding hydrogens is 244 g/mol. The van der Waals surface area contributed by atoms with Gasteiger partial charge in [-0.05, 0) is 19.8 Å². The van der Waals surface area contributed by atoms with Crippen LogP contribution in [0.4, 0.5) is 0 Å². The molecule has 6 nitrogen and oxygen atoms in total. The molecule has 2 aliphatic rings. The van der Waals surface area contributed by atoms with Crippen LogP contribution in [0.2, 0.25) is 0 Å².